The van der Waals surface area contributed by atoms with Crippen LogP contribution in [0.1, 0.15) is 33.1 Å². The lowest BCUT2D eigenvalue weighted by Crippen LogP contribution is -2.30. The monoisotopic (exact) mass is 290 g/mol. The van der Waals surface area contributed by atoms with Gasteiger partial charge < -0.3 is 9.32 Å². The predicted octanol–water partition coefficient (Wildman–Crippen LogP) is 3.44. The molecular formula is C15H18N2O2S. The van der Waals surface area contributed by atoms with Gasteiger partial charge in [0.1, 0.15) is 10.6 Å². The first-order valence-electron chi connectivity index (χ1n) is 6.54. The summed E-state index contributed by atoms with van der Waals surface area (Å²) in [5.41, 5.74) is 0.797. The Hall–Kier alpha value is -1.88. The van der Waals surface area contributed by atoms with Gasteiger partial charge in [-0.25, -0.2) is 4.98 Å². The van der Waals surface area contributed by atoms with E-state index < -0.39 is 0 Å². The molecule has 0 atom stereocenters. The zero-order valence-electron chi connectivity index (χ0n) is 11.8. The Morgan fingerprint density at radius 1 is 1.60 bits per heavy atom. The van der Waals surface area contributed by atoms with Crippen molar-refractivity contribution in [3.05, 3.63) is 52.4 Å². The van der Waals surface area contributed by atoms with Crippen molar-refractivity contribution in [1.29, 1.82) is 0 Å². The van der Waals surface area contributed by atoms with E-state index in [1.165, 1.54) is 11.3 Å². The van der Waals surface area contributed by atoms with E-state index in [0.717, 1.165) is 22.9 Å². The van der Waals surface area contributed by atoms with E-state index in [-0.39, 0.29) is 5.91 Å². The van der Waals surface area contributed by atoms with Gasteiger partial charge in [0.2, 0.25) is 0 Å². The fraction of sp³-hybridized carbons (Fsp3) is 0.333. The number of carbonyl (C=O) groups is 1. The van der Waals surface area contributed by atoms with Crippen molar-refractivity contribution in [2.75, 3.05) is 6.54 Å². The number of aromatic nitrogens is 1. The van der Waals surface area contributed by atoms with Crippen molar-refractivity contribution in [3.8, 4) is 0 Å². The van der Waals surface area contributed by atoms with Crippen LogP contribution in [0.4, 0.5) is 0 Å². The number of nitrogens with zero attached hydrogens (tertiary/aromatic N) is 2. The SMILES string of the molecule is C=CCN(Cc1ccco1)C(=O)c1sc(CC)nc1C. The highest BCUT2D eigenvalue weighted by atomic mass is 32.1. The molecule has 0 N–H and O–H groups in total. The maximum Gasteiger partial charge on any atom is 0.266 e. The minimum Gasteiger partial charge on any atom is -0.467 e. The maximum absolute atomic E-state index is 12.6. The first kappa shape index (κ1) is 14.5. The number of aryl methyl sites for hydroxylation is 2. The standard InChI is InChI=1S/C15H18N2O2S/c1-4-8-17(10-12-7-6-9-19-12)15(18)14-11(3)16-13(5-2)20-14/h4,6-7,9H,1,5,8,10H2,2-3H3. The molecule has 0 aliphatic heterocycles. The third-order valence-corrected chi connectivity index (χ3v) is 4.19. The number of amides is 1. The molecule has 0 aliphatic rings. The van der Waals surface area contributed by atoms with Crippen LogP contribution in [-0.4, -0.2) is 22.3 Å². The minimum absolute atomic E-state index is 0.0176. The third kappa shape index (κ3) is 3.17. The average molecular weight is 290 g/mol. The van der Waals surface area contributed by atoms with E-state index in [2.05, 4.69) is 11.6 Å². The molecule has 5 heteroatoms. The van der Waals surface area contributed by atoms with Gasteiger partial charge in [0.25, 0.3) is 5.91 Å². The van der Waals surface area contributed by atoms with Gasteiger partial charge in [-0.05, 0) is 25.5 Å². The molecule has 0 radical (unpaired) electrons. The smallest absolute Gasteiger partial charge is 0.266 e. The molecule has 0 aliphatic carbocycles. The lowest BCUT2D eigenvalue weighted by molar-refractivity contribution is 0.0756. The van der Waals surface area contributed by atoms with Crippen molar-refractivity contribution in [1.82, 2.24) is 9.88 Å². The summed E-state index contributed by atoms with van der Waals surface area (Å²) in [6.07, 6.45) is 4.18. The van der Waals surface area contributed by atoms with Gasteiger partial charge in [-0.2, -0.15) is 0 Å². The van der Waals surface area contributed by atoms with E-state index in [4.69, 9.17) is 4.42 Å². The van der Waals surface area contributed by atoms with Gasteiger partial charge in [0.05, 0.1) is 23.5 Å². The first-order chi connectivity index (χ1) is 9.65. The van der Waals surface area contributed by atoms with Crippen molar-refractivity contribution in [2.45, 2.75) is 26.8 Å². The molecule has 1 amide bonds. The second-order valence-electron chi connectivity index (χ2n) is 4.43. The maximum atomic E-state index is 12.6. The van der Waals surface area contributed by atoms with Gasteiger partial charge >= 0.3 is 0 Å². The Morgan fingerprint density at radius 2 is 2.40 bits per heavy atom. The molecule has 106 valence electrons. The summed E-state index contributed by atoms with van der Waals surface area (Å²) >= 11 is 1.47. The van der Waals surface area contributed by atoms with Crippen LogP contribution in [0.25, 0.3) is 0 Å². The predicted molar refractivity (Wildman–Crippen MR) is 79.9 cm³/mol. The van der Waals surface area contributed by atoms with Crippen molar-refractivity contribution < 1.29 is 9.21 Å². The third-order valence-electron chi connectivity index (χ3n) is 2.90. The molecule has 0 aromatic carbocycles. The van der Waals surface area contributed by atoms with Crippen LogP contribution in [0.2, 0.25) is 0 Å². The van der Waals surface area contributed by atoms with Crippen LogP contribution in [0.5, 0.6) is 0 Å². The summed E-state index contributed by atoms with van der Waals surface area (Å²) in [6, 6.07) is 3.68. The summed E-state index contributed by atoms with van der Waals surface area (Å²) < 4.78 is 5.31. The van der Waals surface area contributed by atoms with E-state index in [1.54, 1.807) is 17.2 Å². The lowest BCUT2D eigenvalue weighted by Gasteiger charge is -2.19. The normalized spacial score (nSPS) is 10.5. The number of furan rings is 1. The minimum atomic E-state index is -0.0176. The molecule has 0 bridgehead atoms. The van der Waals surface area contributed by atoms with Crippen LogP contribution in [0, 0.1) is 6.92 Å². The van der Waals surface area contributed by atoms with E-state index >= 15 is 0 Å². The van der Waals surface area contributed by atoms with Crippen molar-refractivity contribution in [2.24, 2.45) is 0 Å². The zero-order valence-corrected chi connectivity index (χ0v) is 12.6. The molecule has 2 aromatic heterocycles. The van der Waals surface area contributed by atoms with E-state index in [1.807, 2.05) is 26.0 Å². The van der Waals surface area contributed by atoms with Crippen LogP contribution >= 0.6 is 11.3 Å². The Morgan fingerprint density at radius 3 is 2.95 bits per heavy atom. The summed E-state index contributed by atoms with van der Waals surface area (Å²) in [6.45, 7) is 8.55. The van der Waals surface area contributed by atoms with Crippen molar-refractivity contribution in [3.63, 3.8) is 0 Å². The fourth-order valence-corrected chi connectivity index (χ4v) is 2.88. The largest absolute Gasteiger partial charge is 0.467 e. The topological polar surface area (TPSA) is 46.3 Å². The van der Waals surface area contributed by atoms with Crippen LogP contribution < -0.4 is 0 Å². The number of rotatable bonds is 6. The lowest BCUT2D eigenvalue weighted by atomic mass is 10.3. The molecule has 0 spiro atoms. The van der Waals surface area contributed by atoms with Gasteiger partial charge in [-0.3, -0.25) is 4.79 Å². The van der Waals surface area contributed by atoms with Gasteiger partial charge in [-0.15, -0.1) is 17.9 Å². The van der Waals surface area contributed by atoms with Crippen LogP contribution in [-0.2, 0) is 13.0 Å². The first-order valence-corrected chi connectivity index (χ1v) is 7.36. The van der Waals surface area contributed by atoms with Gasteiger partial charge in [0, 0.05) is 6.54 Å². The Bertz CT molecular complexity index is 587. The second kappa shape index (κ2) is 6.52. The number of carbonyl (C=O) groups excluding carboxylic acids is 1. The summed E-state index contributed by atoms with van der Waals surface area (Å²) in [5, 5.41) is 0.988. The van der Waals surface area contributed by atoms with Crippen LogP contribution in [0.3, 0.4) is 0 Å². The molecule has 4 nitrogen and oxygen atoms in total. The number of hydrogen-bond donors (Lipinski definition) is 0. The summed E-state index contributed by atoms with van der Waals surface area (Å²) in [4.78, 5) is 19.4. The van der Waals surface area contributed by atoms with Gasteiger partial charge in [-0.1, -0.05) is 13.0 Å². The fourth-order valence-electron chi connectivity index (χ4n) is 1.91. The molecular weight excluding hydrogens is 272 g/mol. The van der Waals surface area contributed by atoms with Gasteiger partial charge in [0.15, 0.2) is 0 Å². The van der Waals surface area contributed by atoms with Crippen molar-refractivity contribution >= 4 is 17.2 Å². The molecule has 20 heavy (non-hydrogen) atoms. The molecule has 2 rings (SSSR count). The summed E-state index contributed by atoms with van der Waals surface area (Å²) in [7, 11) is 0. The Kier molecular flexibility index (Phi) is 4.74. The molecule has 2 heterocycles. The number of hydrogen-bond acceptors (Lipinski definition) is 4. The van der Waals surface area contributed by atoms with E-state index in [0.29, 0.717) is 18.0 Å². The zero-order chi connectivity index (χ0) is 14.5. The molecule has 0 unspecified atom stereocenters. The molecule has 0 saturated carbocycles. The molecule has 0 fully saturated rings. The molecule has 0 saturated heterocycles. The Labute approximate surface area is 122 Å². The van der Waals surface area contributed by atoms with Crippen LogP contribution in [0.15, 0.2) is 35.5 Å². The highest BCUT2D eigenvalue weighted by Crippen LogP contribution is 2.21. The quantitative estimate of drug-likeness (QED) is 0.766. The highest BCUT2D eigenvalue weighted by molar-refractivity contribution is 7.13. The molecule has 2 aromatic rings. The summed E-state index contributed by atoms with van der Waals surface area (Å²) in [5.74, 6) is 0.745. The number of thiazole rings is 1. The van der Waals surface area contributed by atoms with E-state index in [9.17, 15) is 4.79 Å². The highest BCUT2D eigenvalue weighted by Gasteiger charge is 2.21. The average Bonchev–Trinajstić information content (AvgIpc) is 3.07. The second-order valence-corrected chi connectivity index (χ2v) is 5.51. The Balaban J connectivity index is 2.21.